The van der Waals surface area contributed by atoms with Crippen molar-refractivity contribution < 1.29 is 23.8 Å². The molecule has 0 saturated carbocycles. The molecule has 1 fully saturated rings. The lowest BCUT2D eigenvalue weighted by Crippen LogP contribution is -2.50. The Balaban J connectivity index is 1.71. The van der Waals surface area contributed by atoms with Crippen molar-refractivity contribution in [3.63, 3.8) is 0 Å². The summed E-state index contributed by atoms with van der Waals surface area (Å²) in [6, 6.07) is 12.4. The van der Waals surface area contributed by atoms with E-state index in [-0.39, 0.29) is 36.3 Å². The van der Waals surface area contributed by atoms with E-state index in [0.717, 1.165) is 23.3 Å². The third kappa shape index (κ3) is 3.28. The molecule has 0 unspecified atom stereocenters. The van der Waals surface area contributed by atoms with E-state index in [1.807, 2.05) is 45.0 Å². The van der Waals surface area contributed by atoms with Crippen molar-refractivity contribution in [1.82, 2.24) is 0 Å². The maximum Gasteiger partial charge on any atom is 0.307 e. The van der Waals surface area contributed by atoms with Crippen LogP contribution in [0.4, 0.5) is 4.39 Å². The minimum absolute atomic E-state index is 0.0286. The van der Waals surface area contributed by atoms with E-state index < -0.39 is 11.6 Å². The smallest absolute Gasteiger partial charge is 0.307 e. The highest BCUT2D eigenvalue weighted by Gasteiger charge is 2.50. The number of hydrogen-bond donors (Lipinski definition) is 1. The first-order chi connectivity index (χ1) is 13.3. The van der Waals surface area contributed by atoms with Gasteiger partial charge in [-0.05, 0) is 56.5 Å². The van der Waals surface area contributed by atoms with Gasteiger partial charge in [0.1, 0.15) is 17.2 Å². The number of hydrogen-bond acceptors (Lipinski definition) is 3. The average molecular weight is 384 g/mol. The summed E-state index contributed by atoms with van der Waals surface area (Å²) >= 11 is 0. The Morgan fingerprint density at radius 3 is 2.68 bits per heavy atom. The van der Waals surface area contributed by atoms with Gasteiger partial charge in [0, 0.05) is 17.4 Å². The maximum absolute atomic E-state index is 14.4. The summed E-state index contributed by atoms with van der Waals surface area (Å²) < 4.78 is 27.2. The number of carboxylic acids is 1. The monoisotopic (exact) mass is 384 g/mol. The first kappa shape index (κ1) is 18.9. The number of benzene rings is 2. The van der Waals surface area contributed by atoms with Gasteiger partial charge in [-0.3, -0.25) is 4.79 Å². The topological polar surface area (TPSA) is 55.8 Å². The van der Waals surface area contributed by atoms with Gasteiger partial charge in [-0.25, -0.2) is 4.39 Å². The van der Waals surface area contributed by atoms with Crippen molar-refractivity contribution in [1.29, 1.82) is 0 Å². The molecular formula is C23H25FO4. The molecule has 4 rings (SSSR count). The number of carboxylic acid groups (broad SMARTS) is 1. The molecule has 1 saturated heterocycles. The summed E-state index contributed by atoms with van der Waals surface area (Å²) in [6.07, 6.45) is 0.331. The van der Waals surface area contributed by atoms with E-state index in [0.29, 0.717) is 5.56 Å². The summed E-state index contributed by atoms with van der Waals surface area (Å²) in [6.45, 7) is 6.06. The highest BCUT2D eigenvalue weighted by Crippen LogP contribution is 2.54. The van der Waals surface area contributed by atoms with Gasteiger partial charge in [0.2, 0.25) is 0 Å². The van der Waals surface area contributed by atoms with Crippen molar-refractivity contribution in [2.45, 2.75) is 57.3 Å². The molecule has 2 aromatic carbocycles. The quantitative estimate of drug-likeness (QED) is 0.820. The van der Waals surface area contributed by atoms with E-state index in [1.54, 1.807) is 12.1 Å². The molecule has 0 spiro atoms. The zero-order valence-electron chi connectivity index (χ0n) is 16.3. The van der Waals surface area contributed by atoms with Crippen molar-refractivity contribution >= 4 is 5.97 Å². The molecule has 4 nitrogen and oxygen atoms in total. The third-order valence-electron chi connectivity index (χ3n) is 6.11. The molecule has 2 aliphatic rings. The Labute approximate surface area is 164 Å². The van der Waals surface area contributed by atoms with Crippen LogP contribution >= 0.6 is 0 Å². The number of ether oxygens (including phenoxy) is 2. The zero-order chi connectivity index (χ0) is 20.1. The predicted octanol–water partition coefficient (Wildman–Crippen LogP) is 4.87. The number of carbonyl (C=O) groups is 1. The normalized spacial score (nSPS) is 28.0. The van der Waals surface area contributed by atoms with E-state index in [2.05, 4.69) is 0 Å². The maximum atomic E-state index is 14.4. The number of fused-ring (bicyclic) bond motifs is 3. The minimum Gasteiger partial charge on any atom is -0.487 e. The summed E-state index contributed by atoms with van der Waals surface area (Å²) in [7, 11) is 0. The number of halogens is 1. The zero-order valence-corrected chi connectivity index (χ0v) is 16.3. The molecule has 0 radical (unpaired) electrons. The Morgan fingerprint density at radius 1 is 1.21 bits per heavy atom. The van der Waals surface area contributed by atoms with Gasteiger partial charge in [0.25, 0.3) is 0 Å². The van der Waals surface area contributed by atoms with Crippen LogP contribution in [-0.4, -0.2) is 22.8 Å². The van der Waals surface area contributed by atoms with Gasteiger partial charge in [-0.1, -0.05) is 24.3 Å². The van der Waals surface area contributed by atoms with Crippen LogP contribution in [0, 0.1) is 11.7 Å². The summed E-state index contributed by atoms with van der Waals surface area (Å²) in [5, 5.41) is 9.12. The molecule has 0 aromatic heterocycles. The van der Waals surface area contributed by atoms with Gasteiger partial charge >= 0.3 is 5.97 Å². The Morgan fingerprint density at radius 2 is 1.96 bits per heavy atom. The lowest BCUT2D eigenvalue weighted by Gasteiger charge is -2.50. The van der Waals surface area contributed by atoms with Crippen molar-refractivity contribution in [3.8, 4) is 5.75 Å². The van der Waals surface area contributed by atoms with Crippen LogP contribution in [0.3, 0.4) is 0 Å². The Hall–Kier alpha value is -2.40. The highest BCUT2D eigenvalue weighted by atomic mass is 19.1. The van der Waals surface area contributed by atoms with Crippen molar-refractivity contribution in [3.05, 3.63) is 65.0 Å². The molecule has 0 bridgehead atoms. The van der Waals surface area contributed by atoms with Crippen LogP contribution < -0.4 is 4.74 Å². The summed E-state index contributed by atoms with van der Waals surface area (Å²) in [5.41, 5.74) is 1.81. The van der Waals surface area contributed by atoms with Crippen LogP contribution in [0.5, 0.6) is 5.75 Å². The van der Waals surface area contributed by atoms with Crippen molar-refractivity contribution in [2.75, 3.05) is 0 Å². The van der Waals surface area contributed by atoms with E-state index >= 15 is 0 Å². The van der Waals surface area contributed by atoms with Crippen LogP contribution in [0.25, 0.3) is 0 Å². The van der Waals surface area contributed by atoms with Gasteiger partial charge in [0.05, 0.1) is 18.6 Å². The minimum atomic E-state index is -0.869. The predicted molar refractivity (Wildman–Crippen MR) is 103 cm³/mol. The number of aliphatic carboxylic acids is 1. The fourth-order valence-corrected chi connectivity index (χ4v) is 4.66. The van der Waals surface area contributed by atoms with Gasteiger partial charge < -0.3 is 14.6 Å². The standard InChI is InChI=1S/C23H25FO4/c1-13-16(15-6-4-5-7-19(15)24)12-18-22(27-13)17-10-14(11-21(25)26)8-9-20(17)28-23(18,2)3/h4-10,13,16,18,22H,11-12H2,1-3H3,(H,25,26)/t13-,16-,18-,22+/m0/s1. The summed E-state index contributed by atoms with van der Waals surface area (Å²) in [4.78, 5) is 11.1. The molecule has 0 aliphatic carbocycles. The molecule has 2 heterocycles. The molecule has 5 heteroatoms. The molecule has 4 atom stereocenters. The molecule has 0 amide bonds. The second-order valence-corrected chi connectivity index (χ2v) is 8.38. The number of rotatable bonds is 3. The van der Waals surface area contributed by atoms with Crippen LogP contribution in [0.1, 0.15) is 55.9 Å². The molecule has 148 valence electrons. The molecular weight excluding hydrogens is 359 g/mol. The second kappa shape index (κ2) is 6.89. The SMILES string of the molecule is C[C@@H]1O[C@@H]2c3cc(CC(=O)O)ccc3OC(C)(C)[C@H]2C[C@@H]1c1ccccc1F. The lowest BCUT2D eigenvalue weighted by atomic mass is 9.70. The lowest BCUT2D eigenvalue weighted by molar-refractivity contribution is -0.153. The van der Waals surface area contributed by atoms with E-state index in [4.69, 9.17) is 14.6 Å². The molecule has 1 N–H and O–H groups in total. The van der Waals surface area contributed by atoms with E-state index in [9.17, 15) is 9.18 Å². The van der Waals surface area contributed by atoms with Crippen LogP contribution in [-0.2, 0) is 16.0 Å². The first-order valence-corrected chi connectivity index (χ1v) is 9.70. The fourth-order valence-electron chi connectivity index (χ4n) is 4.66. The highest BCUT2D eigenvalue weighted by molar-refractivity contribution is 5.70. The first-order valence-electron chi connectivity index (χ1n) is 9.70. The van der Waals surface area contributed by atoms with Crippen LogP contribution in [0.2, 0.25) is 0 Å². The van der Waals surface area contributed by atoms with E-state index in [1.165, 1.54) is 6.07 Å². The Kier molecular flexibility index (Phi) is 4.66. The second-order valence-electron chi connectivity index (χ2n) is 8.38. The fraction of sp³-hybridized carbons (Fsp3) is 0.435. The van der Waals surface area contributed by atoms with Gasteiger partial charge in [-0.15, -0.1) is 0 Å². The average Bonchev–Trinajstić information content (AvgIpc) is 2.62. The largest absolute Gasteiger partial charge is 0.487 e. The Bertz CT molecular complexity index is 907. The molecule has 28 heavy (non-hydrogen) atoms. The van der Waals surface area contributed by atoms with Crippen LogP contribution in [0.15, 0.2) is 42.5 Å². The molecule has 2 aliphatic heterocycles. The third-order valence-corrected chi connectivity index (χ3v) is 6.11. The van der Waals surface area contributed by atoms with Gasteiger partial charge in [0.15, 0.2) is 0 Å². The molecule has 2 aromatic rings. The summed E-state index contributed by atoms with van der Waals surface area (Å²) in [5.74, 6) is -0.377. The van der Waals surface area contributed by atoms with Gasteiger partial charge in [-0.2, -0.15) is 0 Å². The van der Waals surface area contributed by atoms with Crippen molar-refractivity contribution in [2.24, 2.45) is 5.92 Å².